The van der Waals surface area contributed by atoms with Crippen molar-refractivity contribution >= 4 is 0 Å². The second kappa shape index (κ2) is 13.7. The molecule has 6 rings (SSSR count). The molecule has 206 valence electrons. The maximum Gasteiger partial charge on any atom is 0.0211 e. The van der Waals surface area contributed by atoms with Crippen LogP contribution in [0.2, 0.25) is 0 Å². The summed E-state index contributed by atoms with van der Waals surface area (Å²) in [6, 6.07) is 19.5. The van der Waals surface area contributed by atoms with E-state index in [-0.39, 0.29) is 0 Å². The van der Waals surface area contributed by atoms with E-state index in [0.29, 0.717) is 18.1 Å². The molecular weight excluding hydrogens is 462 g/mol. The molecule has 5 atom stereocenters. The number of rotatable bonds is 3. The van der Waals surface area contributed by atoms with Gasteiger partial charge in [-0.2, -0.15) is 0 Å². The van der Waals surface area contributed by atoms with Gasteiger partial charge in [-0.15, -0.1) is 0 Å². The van der Waals surface area contributed by atoms with Gasteiger partial charge in [-0.3, -0.25) is 0 Å². The van der Waals surface area contributed by atoms with Crippen LogP contribution in [0.5, 0.6) is 0 Å². The van der Waals surface area contributed by atoms with Gasteiger partial charge in [0.25, 0.3) is 0 Å². The summed E-state index contributed by atoms with van der Waals surface area (Å²) < 4.78 is 0. The van der Waals surface area contributed by atoms with Gasteiger partial charge in [0.15, 0.2) is 0 Å². The highest BCUT2D eigenvalue weighted by atomic mass is 15.0. The van der Waals surface area contributed by atoms with Crippen molar-refractivity contribution in [2.75, 3.05) is 6.54 Å². The summed E-state index contributed by atoms with van der Waals surface area (Å²) in [7, 11) is 0. The minimum atomic E-state index is 0.662. The smallest absolute Gasteiger partial charge is 0.0211 e. The molecule has 0 saturated carbocycles. The van der Waals surface area contributed by atoms with Crippen molar-refractivity contribution in [1.82, 2.24) is 16.0 Å². The predicted octanol–water partition coefficient (Wildman–Crippen LogP) is 6.69. The van der Waals surface area contributed by atoms with Crippen LogP contribution in [0.15, 0.2) is 72.8 Å². The van der Waals surface area contributed by atoms with Crippen LogP contribution in [0.25, 0.3) is 0 Å². The van der Waals surface area contributed by atoms with Crippen molar-refractivity contribution in [3.8, 4) is 0 Å². The molecule has 3 heteroatoms. The van der Waals surface area contributed by atoms with E-state index in [1.54, 1.807) is 0 Å². The third kappa shape index (κ3) is 7.46. The lowest BCUT2D eigenvalue weighted by molar-refractivity contribution is 0.377. The Morgan fingerprint density at radius 2 is 1.05 bits per heavy atom. The summed E-state index contributed by atoms with van der Waals surface area (Å²) in [5.41, 5.74) is 6.00. The van der Waals surface area contributed by atoms with Crippen molar-refractivity contribution in [2.45, 2.75) is 85.6 Å². The minimum absolute atomic E-state index is 0.662. The average Bonchev–Trinajstić information content (AvgIpc) is 3.38. The van der Waals surface area contributed by atoms with Gasteiger partial charge >= 0.3 is 0 Å². The Kier molecular flexibility index (Phi) is 10.4. The van der Waals surface area contributed by atoms with Gasteiger partial charge in [-0.25, -0.2) is 0 Å². The van der Waals surface area contributed by atoms with Gasteiger partial charge in [-0.05, 0) is 58.8 Å². The first-order chi connectivity index (χ1) is 18.3. The Morgan fingerprint density at radius 3 is 1.53 bits per heavy atom. The first kappa shape index (κ1) is 28.8. The molecule has 0 amide bonds. The van der Waals surface area contributed by atoms with Crippen molar-refractivity contribution < 1.29 is 0 Å². The maximum atomic E-state index is 3.60. The summed E-state index contributed by atoms with van der Waals surface area (Å²) in [4.78, 5) is 0. The van der Waals surface area contributed by atoms with Crippen LogP contribution in [0.4, 0.5) is 0 Å². The third-order valence-electron chi connectivity index (χ3n) is 8.85. The molecule has 3 heterocycles. The van der Waals surface area contributed by atoms with E-state index in [4.69, 9.17) is 0 Å². The third-order valence-corrected chi connectivity index (χ3v) is 8.85. The Hall–Kier alpha value is -2.20. The first-order valence-electron chi connectivity index (χ1n) is 15.0. The van der Waals surface area contributed by atoms with Gasteiger partial charge in [0, 0.05) is 43.7 Å². The molecule has 1 saturated heterocycles. The Balaban J connectivity index is 0.000000133. The molecule has 0 radical (unpaired) electrons. The van der Waals surface area contributed by atoms with E-state index >= 15 is 0 Å². The summed E-state index contributed by atoms with van der Waals surface area (Å²) in [6.45, 7) is 17.0. The van der Waals surface area contributed by atoms with Gasteiger partial charge in [0.1, 0.15) is 0 Å². The fourth-order valence-corrected chi connectivity index (χ4v) is 6.25. The van der Waals surface area contributed by atoms with Crippen LogP contribution in [-0.4, -0.2) is 24.7 Å². The lowest BCUT2D eigenvalue weighted by Crippen LogP contribution is -2.39. The minimum Gasteiger partial charge on any atom is -0.313 e. The number of hydrogen-bond donors (Lipinski definition) is 3. The number of nitrogens with one attached hydrogen (secondary N) is 3. The Labute approximate surface area is 232 Å². The van der Waals surface area contributed by atoms with E-state index in [9.17, 15) is 0 Å². The topological polar surface area (TPSA) is 36.1 Å². The molecule has 0 aromatic heterocycles. The Morgan fingerprint density at radius 1 is 0.579 bits per heavy atom. The summed E-state index contributed by atoms with van der Waals surface area (Å²) >= 11 is 0. The maximum absolute atomic E-state index is 3.60. The Bertz CT molecular complexity index is 1000. The molecular formula is C35H51N3. The van der Waals surface area contributed by atoms with Crippen molar-refractivity contribution in [3.05, 3.63) is 95.1 Å². The highest BCUT2D eigenvalue weighted by molar-refractivity contribution is 5.31. The molecule has 1 aliphatic carbocycles. The van der Waals surface area contributed by atoms with E-state index < -0.39 is 0 Å². The quantitative estimate of drug-likeness (QED) is 0.428. The fourth-order valence-electron chi connectivity index (χ4n) is 6.25. The first-order valence-corrected chi connectivity index (χ1v) is 15.0. The number of hydrogen-bond acceptors (Lipinski definition) is 3. The van der Waals surface area contributed by atoms with E-state index in [2.05, 4.69) is 130 Å². The summed E-state index contributed by atoms with van der Waals surface area (Å²) in [6.07, 6.45) is 11.4. The number of fused-ring (bicyclic) bond motifs is 3. The van der Waals surface area contributed by atoms with E-state index in [0.717, 1.165) is 49.2 Å². The zero-order valence-corrected chi connectivity index (χ0v) is 24.6. The van der Waals surface area contributed by atoms with Gasteiger partial charge in [0.05, 0.1) is 0 Å². The lowest BCUT2D eigenvalue weighted by atomic mass is 9.83. The number of allylic oxidation sites excluding steroid dienone is 2. The molecule has 2 aromatic rings. The van der Waals surface area contributed by atoms with Crippen molar-refractivity contribution in [3.63, 3.8) is 0 Å². The average molecular weight is 514 g/mol. The summed E-state index contributed by atoms with van der Waals surface area (Å²) in [5, 5.41) is 10.7. The van der Waals surface area contributed by atoms with Crippen LogP contribution >= 0.6 is 0 Å². The van der Waals surface area contributed by atoms with Gasteiger partial charge < -0.3 is 16.0 Å². The molecule has 3 nitrogen and oxygen atoms in total. The lowest BCUT2D eigenvalue weighted by Gasteiger charge is -2.28. The van der Waals surface area contributed by atoms with E-state index in [1.807, 2.05) is 0 Å². The molecule has 38 heavy (non-hydrogen) atoms. The van der Waals surface area contributed by atoms with Crippen LogP contribution < -0.4 is 16.0 Å². The van der Waals surface area contributed by atoms with Crippen LogP contribution in [0.3, 0.4) is 0 Å². The highest BCUT2D eigenvalue weighted by Gasteiger charge is 2.34. The normalized spacial score (nSPS) is 27.1. The summed E-state index contributed by atoms with van der Waals surface area (Å²) in [5.74, 6) is 3.70. The highest BCUT2D eigenvalue weighted by Crippen LogP contribution is 2.31. The van der Waals surface area contributed by atoms with Crippen LogP contribution in [-0.2, 0) is 25.9 Å². The van der Waals surface area contributed by atoms with Gasteiger partial charge in [0.2, 0.25) is 0 Å². The molecule has 0 bridgehead atoms. The molecule has 3 aliphatic heterocycles. The van der Waals surface area contributed by atoms with Crippen LogP contribution in [0.1, 0.15) is 63.8 Å². The monoisotopic (exact) mass is 513 g/mol. The zero-order valence-electron chi connectivity index (χ0n) is 24.6. The number of benzene rings is 2. The molecule has 1 fully saturated rings. The van der Waals surface area contributed by atoms with Gasteiger partial charge in [-0.1, -0.05) is 114 Å². The predicted molar refractivity (Wildman–Crippen MR) is 163 cm³/mol. The van der Waals surface area contributed by atoms with E-state index in [1.165, 1.54) is 35.1 Å². The van der Waals surface area contributed by atoms with Crippen molar-refractivity contribution in [2.24, 2.45) is 29.6 Å². The SMILES string of the molecule is CC(C)C1Cc2ccccc2CN1.CC(C)C1Cc2ccccc2CN1.CC(C)C1NCC2C=CC=CC21. The van der Waals surface area contributed by atoms with Crippen LogP contribution in [0, 0.1) is 29.6 Å². The standard InChI is InChI=1S/2C12H17N.C11H17N/c2*1-9(2)12-7-10-5-3-4-6-11(10)8-13-12;1-8(2)11-10-6-4-3-5-9(10)7-12-11/h2*3-6,9,12-13H,7-8H2,1-2H3;3-6,8-12H,7H2,1-2H3. The second-order valence-corrected chi connectivity index (χ2v) is 12.6. The molecule has 3 N–H and O–H groups in total. The zero-order chi connectivity index (χ0) is 27.1. The molecule has 0 spiro atoms. The second-order valence-electron chi connectivity index (χ2n) is 12.6. The molecule has 4 aliphatic rings. The molecule has 2 aromatic carbocycles. The van der Waals surface area contributed by atoms with Crippen molar-refractivity contribution in [1.29, 1.82) is 0 Å². The molecule has 5 unspecified atom stereocenters. The fraction of sp³-hybridized carbons (Fsp3) is 0.543. The largest absolute Gasteiger partial charge is 0.313 e.